The van der Waals surface area contributed by atoms with E-state index in [1.54, 1.807) is 32.9 Å². The average molecular weight is 625 g/mol. The Morgan fingerprint density at radius 3 is 2.19 bits per heavy atom. The van der Waals surface area contributed by atoms with Gasteiger partial charge in [0.2, 0.25) is 0 Å². The molecule has 0 atom stereocenters. The van der Waals surface area contributed by atoms with Gasteiger partial charge >= 0.3 is 13.6 Å². The van der Waals surface area contributed by atoms with Crippen molar-refractivity contribution in [3.8, 4) is 0 Å². The van der Waals surface area contributed by atoms with Crippen molar-refractivity contribution in [2.75, 3.05) is 32.5 Å². The Labute approximate surface area is 247 Å². The number of nitrogens with zero attached hydrogens (tertiary/aromatic N) is 2. The van der Waals surface area contributed by atoms with Gasteiger partial charge in [0.05, 0.1) is 36.2 Å². The number of aryl methyl sites for hydroxylation is 1. The van der Waals surface area contributed by atoms with E-state index in [0.717, 1.165) is 18.4 Å². The topological polar surface area (TPSA) is 178 Å². The quantitative estimate of drug-likeness (QED) is 0.215. The van der Waals surface area contributed by atoms with Crippen LogP contribution in [-0.4, -0.2) is 74.9 Å². The summed E-state index contributed by atoms with van der Waals surface area (Å²) in [6.07, 6.45) is 6.62. The monoisotopic (exact) mass is 624 g/mol. The second-order valence-corrected chi connectivity index (χ2v) is 13.8. The van der Waals surface area contributed by atoms with E-state index in [-0.39, 0.29) is 34.7 Å². The summed E-state index contributed by atoms with van der Waals surface area (Å²) >= 11 is 0. The Hall–Kier alpha value is -2.90. The molecule has 0 spiro atoms. The zero-order valence-electron chi connectivity index (χ0n) is 24.3. The van der Waals surface area contributed by atoms with Gasteiger partial charge < -0.3 is 25.0 Å². The number of amides is 3. The highest BCUT2D eigenvalue weighted by atomic mass is 32.2. The Morgan fingerprint density at radius 1 is 0.952 bits per heavy atom. The third-order valence-electron chi connectivity index (χ3n) is 6.71. The molecule has 0 unspecified atom stereocenters. The minimum absolute atomic E-state index is 0.0373. The number of nitrogens with one attached hydrogen (secondary N) is 4. The Morgan fingerprint density at radius 2 is 1.60 bits per heavy atom. The molecule has 4 N–H and O–H groups in total. The molecular formula is C27H41N6O7PS. The minimum Gasteiger partial charge on any atom is -0.350 e. The molecule has 1 aromatic carbocycles. The number of carbonyl (C=O) groups is 2. The third kappa shape index (κ3) is 10.7. The fourth-order valence-corrected chi connectivity index (χ4v) is 7.00. The van der Waals surface area contributed by atoms with Crippen LogP contribution < -0.4 is 20.7 Å². The van der Waals surface area contributed by atoms with Crippen molar-refractivity contribution in [2.45, 2.75) is 69.9 Å². The maximum atomic E-state index is 12.7. The van der Waals surface area contributed by atoms with Crippen LogP contribution in [0.25, 0.3) is 0 Å². The lowest BCUT2D eigenvalue weighted by atomic mass is 9.91. The summed E-state index contributed by atoms with van der Waals surface area (Å²) in [6, 6.07) is 5.40. The van der Waals surface area contributed by atoms with Crippen LogP contribution in [0.5, 0.6) is 0 Å². The maximum absolute atomic E-state index is 12.7. The van der Waals surface area contributed by atoms with E-state index in [4.69, 9.17) is 9.05 Å². The molecule has 0 aliphatic heterocycles. The zero-order valence-corrected chi connectivity index (χ0v) is 26.0. The molecule has 1 aromatic heterocycles. The van der Waals surface area contributed by atoms with Gasteiger partial charge in [-0.3, -0.25) is 14.3 Å². The number of aromatic nitrogens is 2. The van der Waals surface area contributed by atoms with E-state index in [1.807, 2.05) is 0 Å². The van der Waals surface area contributed by atoms with Crippen LogP contribution in [0, 0.1) is 6.92 Å². The van der Waals surface area contributed by atoms with Crippen LogP contribution in [-0.2, 0) is 30.1 Å². The summed E-state index contributed by atoms with van der Waals surface area (Å²) in [5, 5.41) is 8.89. The normalized spacial score (nSPS) is 17.4. The number of urea groups is 1. The summed E-state index contributed by atoms with van der Waals surface area (Å²) in [5.74, 6) is -0.340. The molecule has 0 radical (unpaired) electrons. The third-order valence-corrected chi connectivity index (χ3v) is 10.1. The second-order valence-electron chi connectivity index (χ2n) is 9.94. The first-order valence-electron chi connectivity index (χ1n) is 14.1. The van der Waals surface area contributed by atoms with E-state index >= 15 is 0 Å². The molecule has 1 aliphatic rings. The molecule has 3 rings (SSSR count). The molecule has 1 saturated carbocycles. The van der Waals surface area contributed by atoms with Gasteiger partial charge in [-0.15, -0.1) is 0 Å². The summed E-state index contributed by atoms with van der Waals surface area (Å²) in [5.41, 5.74) is 1.75. The van der Waals surface area contributed by atoms with Crippen molar-refractivity contribution in [1.82, 2.24) is 30.6 Å². The molecule has 3 amide bonds. The van der Waals surface area contributed by atoms with Crippen LogP contribution in [0.2, 0.25) is 0 Å². The number of hydrogen-bond donors (Lipinski definition) is 4. The Kier molecular flexibility index (Phi) is 12.9. The molecule has 2 aromatic rings. The van der Waals surface area contributed by atoms with Gasteiger partial charge in [0.15, 0.2) is 0 Å². The summed E-state index contributed by atoms with van der Waals surface area (Å²) in [4.78, 5) is 32.7. The first-order valence-corrected chi connectivity index (χ1v) is 17.3. The predicted octanol–water partition coefficient (Wildman–Crippen LogP) is 2.91. The number of sulfonamides is 1. The van der Waals surface area contributed by atoms with Crippen molar-refractivity contribution in [2.24, 2.45) is 0 Å². The number of rotatable bonds is 15. The highest BCUT2D eigenvalue weighted by Gasteiger charge is 2.27. The van der Waals surface area contributed by atoms with E-state index in [9.17, 15) is 22.6 Å². The van der Waals surface area contributed by atoms with Crippen molar-refractivity contribution in [1.29, 1.82) is 0 Å². The molecule has 1 aliphatic carbocycles. The molecule has 1 heterocycles. The van der Waals surface area contributed by atoms with Crippen LogP contribution >= 0.6 is 7.60 Å². The van der Waals surface area contributed by atoms with E-state index < -0.39 is 23.7 Å². The molecule has 0 saturated heterocycles. The van der Waals surface area contributed by atoms with Gasteiger partial charge in [-0.2, -0.15) is 0 Å². The number of carbonyl (C=O) groups excluding carboxylic acids is 2. The second kappa shape index (κ2) is 16.1. The van der Waals surface area contributed by atoms with E-state index in [0.29, 0.717) is 51.3 Å². The lowest BCUT2D eigenvalue weighted by Gasteiger charge is -2.30. The highest BCUT2D eigenvalue weighted by molar-refractivity contribution is 7.90. The largest absolute Gasteiger partial charge is 0.350 e. The standard InChI is InChI=1S/C27H41N6O7PS/c1-4-39-41(36,40-5-2)17-16-28-22-8-10-23(11-9-22)32-27(35)33-42(37,38)24-12-6-21(7-13-24)14-15-29-26(34)25-19-30-20(3)18-31-25/h6-7,12-13,18-19,22-23,28H,4-5,8-11,14-17H2,1-3H3,(H,29,34)(H2,32,33,35). The van der Waals surface area contributed by atoms with Crippen molar-refractivity contribution < 1.29 is 31.6 Å². The number of benzene rings is 1. The first kappa shape index (κ1) is 33.6. The van der Waals surface area contributed by atoms with Crippen molar-refractivity contribution in [3.63, 3.8) is 0 Å². The molecule has 42 heavy (non-hydrogen) atoms. The molecule has 232 valence electrons. The Bertz CT molecular complexity index is 1310. The lowest BCUT2D eigenvalue weighted by molar-refractivity contribution is 0.0948. The van der Waals surface area contributed by atoms with Crippen LogP contribution in [0.3, 0.4) is 0 Å². The van der Waals surface area contributed by atoms with Gasteiger partial charge in [0, 0.05) is 31.4 Å². The predicted molar refractivity (Wildman–Crippen MR) is 158 cm³/mol. The average Bonchev–Trinajstić information content (AvgIpc) is 2.94. The van der Waals surface area contributed by atoms with Crippen molar-refractivity contribution in [3.05, 3.63) is 53.6 Å². The SMILES string of the molecule is CCOP(=O)(CCNC1CCC(NC(=O)NS(=O)(=O)c2ccc(CCNC(=O)c3cnc(C)cn3)cc2)CC1)OCC. The van der Waals surface area contributed by atoms with Crippen LogP contribution in [0.15, 0.2) is 41.6 Å². The molecule has 13 nitrogen and oxygen atoms in total. The minimum atomic E-state index is -4.06. The van der Waals surface area contributed by atoms with Gasteiger partial charge in [0.25, 0.3) is 15.9 Å². The van der Waals surface area contributed by atoms with Gasteiger partial charge in [-0.25, -0.2) is 22.9 Å². The summed E-state index contributed by atoms with van der Waals surface area (Å²) < 4.78 is 50.7. The smallest absolute Gasteiger partial charge is 0.331 e. The molecule has 0 bridgehead atoms. The van der Waals surface area contributed by atoms with E-state index in [1.165, 1.54) is 24.5 Å². The Balaban J connectivity index is 1.38. The van der Waals surface area contributed by atoms with Gasteiger partial charge in [0.1, 0.15) is 5.69 Å². The summed E-state index contributed by atoms with van der Waals surface area (Å²) in [7, 11) is -7.15. The number of hydrogen-bond acceptors (Lipinski definition) is 10. The van der Waals surface area contributed by atoms with Gasteiger partial charge in [-0.1, -0.05) is 12.1 Å². The highest BCUT2D eigenvalue weighted by Crippen LogP contribution is 2.47. The molecule has 15 heteroatoms. The van der Waals surface area contributed by atoms with Crippen molar-refractivity contribution >= 4 is 29.6 Å². The van der Waals surface area contributed by atoms with Crippen LogP contribution in [0.4, 0.5) is 4.79 Å². The fraction of sp³-hybridized carbons (Fsp3) is 0.556. The lowest BCUT2D eigenvalue weighted by Crippen LogP contribution is -2.47. The van der Waals surface area contributed by atoms with Crippen LogP contribution in [0.1, 0.15) is 61.3 Å². The summed E-state index contributed by atoms with van der Waals surface area (Å²) in [6.45, 7) is 6.81. The molecule has 1 fully saturated rings. The maximum Gasteiger partial charge on any atom is 0.331 e. The molecular weight excluding hydrogens is 583 g/mol. The van der Waals surface area contributed by atoms with E-state index in [2.05, 4.69) is 30.6 Å². The van der Waals surface area contributed by atoms with Gasteiger partial charge in [-0.05, 0) is 70.6 Å². The fourth-order valence-electron chi connectivity index (χ4n) is 4.56. The first-order chi connectivity index (χ1) is 20.0. The zero-order chi connectivity index (χ0) is 30.6.